The molecule has 0 amide bonds. The van der Waals surface area contributed by atoms with Gasteiger partial charge in [0.25, 0.3) is 0 Å². The maximum Gasteiger partial charge on any atom is 0.241 e. The fourth-order valence-corrected chi connectivity index (χ4v) is 5.65. The first-order chi connectivity index (χ1) is 10.4. The van der Waals surface area contributed by atoms with Crippen LogP contribution in [0.4, 0.5) is 8.78 Å². The van der Waals surface area contributed by atoms with Crippen molar-refractivity contribution in [1.29, 1.82) is 0 Å². The maximum absolute atomic E-state index is 13.2. The average Bonchev–Trinajstić information content (AvgIpc) is 2.85. The van der Waals surface area contributed by atoms with Crippen LogP contribution in [0.3, 0.4) is 0 Å². The van der Waals surface area contributed by atoms with Crippen LogP contribution in [-0.4, -0.2) is 38.2 Å². The van der Waals surface area contributed by atoms with E-state index in [-0.39, 0.29) is 16.5 Å². The Labute approximate surface area is 132 Å². The van der Waals surface area contributed by atoms with Crippen LogP contribution in [0.1, 0.15) is 19.3 Å². The largest absolute Gasteiger partial charge is 0.374 e. The van der Waals surface area contributed by atoms with Gasteiger partial charge >= 0.3 is 0 Å². The lowest BCUT2D eigenvalue weighted by Gasteiger charge is -2.37. The highest BCUT2D eigenvalue weighted by Gasteiger charge is 2.41. The molecule has 0 aromatic heterocycles. The molecule has 22 heavy (non-hydrogen) atoms. The number of benzene rings is 1. The Hall–Kier alpha value is -0.700. The summed E-state index contributed by atoms with van der Waals surface area (Å²) in [4.78, 5) is -0.383. The molecular formula is C14H17F2NO3S2. The molecule has 1 aromatic rings. The van der Waals surface area contributed by atoms with E-state index in [1.54, 1.807) is 11.8 Å². The normalized spacial score (nSPS) is 29.1. The van der Waals surface area contributed by atoms with E-state index in [1.165, 1.54) is 0 Å². The van der Waals surface area contributed by atoms with E-state index in [0.717, 1.165) is 30.1 Å². The molecule has 0 saturated carbocycles. The van der Waals surface area contributed by atoms with Gasteiger partial charge in [0.05, 0.1) is 10.5 Å². The summed E-state index contributed by atoms with van der Waals surface area (Å²) in [6, 6.07) is 2.03. The van der Waals surface area contributed by atoms with Crippen LogP contribution in [-0.2, 0) is 14.8 Å². The smallest absolute Gasteiger partial charge is 0.241 e. The van der Waals surface area contributed by atoms with Gasteiger partial charge in [-0.25, -0.2) is 21.9 Å². The standard InChI is InChI=1S/C14H17F2NO3S2/c15-10-5-11(16)7-13(6-10)22(18,19)17-12-1-3-20-14(8-12)2-4-21-9-14/h5-7,12,17H,1-4,8-9H2. The Morgan fingerprint density at radius 3 is 2.64 bits per heavy atom. The third-order valence-corrected chi connectivity index (χ3v) is 6.75. The molecule has 0 aliphatic carbocycles. The number of halogens is 2. The monoisotopic (exact) mass is 349 g/mol. The zero-order chi connectivity index (χ0) is 15.8. The number of hydrogen-bond acceptors (Lipinski definition) is 4. The predicted octanol–water partition coefficient (Wildman–Crippen LogP) is 2.30. The molecule has 2 fully saturated rings. The Morgan fingerprint density at radius 1 is 1.27 bits per heavy atom. The molecule has 0 bridgehead atoms. The summed E-state index contributed by atoms with van der Waals surface area (Å²) in [5.41, 5.74) is -0.261. The van der Waals surface area contributed by atoms with Gasteiger partial charge in [0.1, 0.15) is 11.6 Å². The Kier molecular flexibility index (Phi) is 4.46. The van der Waals surface area contributed by atoms with Crippen molar-refractivity contribution < 1.29 is 21.9 Å². The minimum Gasteiger partial charge on any atom is -0.374 e. The highest BCUT2D eigenvalue weighted by molar-refractivity contribution is 7.99. The molecule has 8 heteroatoms. The minimum atomic E-state index is -3.94. The van der Waals surface area contributed by atoms with E-state index in [4.69, 9.17) is 4.74 Å². The first-order valence-corrected chi connectivity index (χ1v) is 9.73. The van der Waals surface area contributed by atoms with Gasteiger partial charge in [-0.15, -0.1) is 0 Å². The molecule has 2 atom stereocenters. The van der Waals surface area contributed by atoms with Crippen molar-refractivity contribution in [3.63, 3.8) is 0 Å². The summed E-state index contributed by atoms with van der Waals surface area (Å²) < 4.78 is 59.5. The number of rotatable bonds is 3. The van der Waals surface area contributed by atoms with Crippen LogP contribution in [0.25, 0.3) is 0 Å². The van der Waals surface area contributed by atoms with Gasteiger partial charge in [-0.05, 0) is 37.1 Å². The summed E-state index contributed by atoms with van der Waals surface area (Å²) in [7, 11) is -3.94. The summed E-state index contributed by atoms with van der Waals surface area (Å²) in [5.74, 6) is 0.0565. The second-order valence-corrected chi connectivity index (χ2v) is 8.57. The third kappa shape index (κ3) is 3.45. The van der Waals surface area contributed by atoms with Gasteiger partial charge < -0.3 is 4.74 Å². The second kappa shape index (κ2) is 6.07. The van der Waals surface area contributed by atoms with Crippen molar-refractivity contribution in [3.05, 3.63) is 29.8 Å². The third-order valence-electron chi connectivity index (χ3n) is 4.03. The van der Waals surface area contributed by atoms with E-state index in [0.29, 0.717) is 25.5 Å². The van der Waals surface area contributed by atoms with Crippen molar-refractivity contribution in [2.24, 2.45) is 0 Å². The van der Waals surface area contributed by atoms with Crippen LogP contribution in [0.5, 0.6) is 0 Å². The number of nitrogens with one attached hydrogen (secondary N) is 1. The van der Waals surface area contributed by atoms with Gasteiger partial charge in [0.2, 0.25) is 10.0 Å². The van der Waals surface area contributed by atoms with Gasteiger partial charge in [0, 0.05) is 24.5 Å². The Balaban J connectivity index is 1.76. The van der Waals surface area contributed by atoms with Crippen molar-refractivity contribution in [2.75, 3.05) is 18.1 Å². The molecule has 2 aliphatic rings. The fraction of sp³-hybridized carbons (Fsp3) is 0.571. The minimum absolute atomic E-state index is 0.261. The molecule has 2 unspecified atom stereocenters. The summed E-state index contributed by atoms with van der Waals surface area (Å²) >= 11 is 1.80. The van der Waals surface area contributed by atoms with Crippen LogP contribution in [0.2, 0.25) is 0 Å². The molecule has 1 spiro atoms. The zero-order valence-electron chi connectivity index (χ0n) is 11.8. The number of hydrogen-bond donors (Lipinski definition) is 1. The van der Waals surface area contributed by atoms with Gasteiger partial charge in [0.15, 0.2) is 0 Å². The van der Waals surface area contributed by atoms with Crippen molar-refractivity contribution >= 4 is 21.8 Å². The fourth-order valence-electron chi connectivity index (χ4n) is 2.96. The van der Waals surface area contributed by atoms with E-state index in [9.17, 15) is 17.2 Å². The van der Waals surface area contributed by atoms with Crippen molar-refractivity contribution in [3.8, 4) is 0 Å². The van der Waals surface area contributed by atoms with E-state index >= 15 is 0 Å². The summed E-state index contributed by atoms with van der Waals surface area (Å²) in [6.45, 7) is 0.491. The van der Waals surface area contributed by atoms with Crippen LogP contribution in [0.15, 0.2) is 23.1 Å². The summed E-state index contributed by atoms with van der Waals surface area (Å²) in [6.07, 6.45) is 2.06. The molecule has 3 rings (SSSR count). The van der Waals surface area contributed by atoms with Crippen LogP contribution in [0, 0.1) is 11.6 Å². The van der Waals surface area contributed by atoms with Gasteiger partial charge in [-0.2, -0.15) is 11.8 Å². The first-order valence-electron chi connectivity index (χ1n) is 7.09. The highest BCUT2D eigenvalue weighted by Crippen LogP contribution is 2.38. The molecule has 2 heterocycles. The van der Waals surface area contributed by atoms with E-state index in [1.807, 2.05) is 0 Å². The summed E-state index contributed by atoms with van der Waals surface area (Å²) in [5, 5.41) is 0. The molecule has 2 aliphatic heterocycles. The number of sulfonamides is 1. The number of thioether (sulfide) groups is 1. The zero-order valence-corrected chi connectivity index (χ0v) is 13.5. The second-order valence-electron chi connectivity index (χ2n) is 5.75. The molecule has 122 valence electrons. The SMILES string of the molecule is O=S(=O)(NC1CCOC2(CCSC2)C1)c1cc(F)cc(F)c1. The maximum atomic E-state index is 13.2. The average molecular weight is 349 g/mol. The van der Waals surface area contributed by atoms with Crippen molar-refractivity contribution in [2.45, 2.75) is 35.8 Å². The van der Waals surface area contributed by atoms with Crippen LogP contribution >= 0.6 is 11.8 Å². The lowest BCUT2D eigenvalue weighted by molar-refractivity contribution is -0.0673. The van der Waals surface area contributed by atoms with E-state index < -0.39 is 21.7 Å². The highest BCUT2D eigenvalue weighted by atomic mass is 32.2. The van der Waals surface area contributed by atoms with Crippen molar-refractivity contribution in [1.82, 2.24) is 4.72 Å². The predicted molar refractivity (Wildman–Crippen MR) is 80.3 cm³/mol. The topological polar surface area (TPSA) is 55.4 Å². The molecule has 4 nitrogen and oxygen atoms in total. The lowest BCUT2D eigenvalue weighted by Crippen LogP contribution is -2.48. The van der Waals surface area contributed by atoms with E-state index in [2.05, 4.69) is 4.72 Å². The molecule has 1 N–H and O–H groups in total. The number of ether oxygens (including phenoxy) is 1. The van der Waals surface area contributed by atoms with Gasteiger partial charge in [-0.1, -0.05) is 0 Å². The molecular weight excluding hydrogens is 332 g/mol. The lowest BCUT2D eigenvalue weighted by atomic mass is 9.90. The van der Waals surface area contributed by atoms with Crippen LogP contribution < -0.4 is 4.72 Å². The van der Waals surface area contributed by atoms with Gasteiger partial charge in [-0.3, -0.25) is 0 Å². The Bertz CT molecular complexity index is 640. The molecule has 0 radical (unpaired) electrons. The first kappa shape index (κ1) is 16.2. The Morgan fingerprint density at radius 2 is 2.00 bits per heavy atom. The quantitative estimate of drug-likeness (QED) is 0.910. The molecule has 2 saturated heterocycles. The molecule has 1 aromatic carbocycles.